The minimum atomic E-state index is -0.132. The Morgan fingerprint density at radius 2 is 2.00 bits per heavy atom. The molecule has 0 spiro atoms. The lowest BCUT2D eigenvalue weighted by Gasteiger charge is -2.22. The van der Waals surface area contributed by atoms with Crippen LogP contribution in [0, 0.1) is 0 Å². The SMILES string of the molecule is COc1cccc(Nc2cnc(C(=O)N3c4ccccc4CC3C)cn2)c1. The van der Waals surface area contributed by atoms with Gasteiger partial charge in [0.1, 0.15) is 17.3 Å². The van der Waals surface area contributed by atoms with Crippen molar-refractivity contribution in [1.29, 1.82) is 0 Å². The summed E-state index contributed by atoms with van der Waals surface area (Å²) in [6.07, 6.45) is 3.93. The van der Waals surface area contributed by atoms with Crippen molar-refractivity contribution < 1.29 is 9.53 Å². The number of rotatable bonds is 4. The number of carbonyl (C=O) groups is 1. The molecule has 1 amide bonds. The zero-order valence-corrected chi connectivity index (χ0v) is 15.2. The van der Waals surface area contributed by atoms with Crippen LogP contribution in [-0.2, 0) is 6.42 Å². The molecule has 4 rings (SSSR count). The van der Waals surface area contributed by atoms with Gasteiger partial charge in [-0.15, -0.1) is 0 Å². The summed E-state index contributed by atoms with van der Waals surface area (Å²) in [7, 11) is 1.62. The van der Waals surface area contributed by atoms with Crippen molar-refractivity contribution in [1.82, 2.24) is 9.97 Å². The molecule has 1 aromatic heterocycles. The minimum absolute atomic E-state index is 0.103. The Morgan fingerprint density at radius 1 is 1.15 bits per heavy atom. The number of methoxy groups -OCH3 is 1. The summed E-state index contributed by atoms with van der Waals surface area (Å²) in [6, 6.07) is 15.6. The zero-order chi connectivity index (χ0) is 18.8. The van der Waals surface area contributed by atoms with Crippen molar-refractivity contribution in [2.24, 2.45) is 0 Å². The summed E-state index contributed by atoms with van der Waals surface area (Å²) in [6.45, 7) is 2.05. The molecule has 0 saturated heterocycles. The van der Waals surface area contributed by atoms with E-state index in [1.165, 1.54) is 11.8 Å². The fourth-order valence-corrected chi connectivity index (χ4v) is 3.35. The van der Waals surface area contributed by atoms with Gasteiger partial charge in [-0.25, -0.2) is 9.97 Å². The Balaban J connectivity index is 1.53. The molecule has 1 aliphatic rings. The lowest BCUT2D eigenvalue weighted by molar-refractivity contribution is 0.0976. The van der Waals surface area contributed by atoms with Crippen LogP contribution in [0.4, 0.5) is 17.2 Å². The highest BCUT2D eigenvalue weighted by atomic mass is 16.5. The summed E-state index contributed by atoms with van der Waals surface area (Å²) in [4.78, 5) is 23.4. The first-order valence-corrected chi connectivity index (χ1v) is 8.80. The third kappa shape index (κ3) is 3.33. The lowest BCUT2D eigenvalue weighted by Crippen LogP contribution is -2.36. The van der Waals surface area contributed by atoms with Gasteiger partial charge < -0.3 is 15.0 Å². The highest BCUT2D eigenvalue weighted by Gasteiger charge is 2.31. The molecule has 0 aliphatic carbocycles. The van der Waals surface area contributed by atoms with E-state index in [-0.39, 0.29) is 11.9 Å². The molecule has 2 aromatic carbocycles. The maximum absolute atomic E-state index is 13.0. The number of benzene rings is 2. The highest BCUT2D eigenvalue weighted by Crippen LogP contribution is 2.32. The van der Waals surface area contributed by atoms with Crippen molar-refractivity contribution in [3.05, 3.63) is 72.2 Å². The van der Waals surface area contributed by atoms with Gasteiger partial charge in [0.05, 0.1) is 19.5 Å². The Labute approximate surface area is 157 Å². The number of hydrogen-bond acceptors (Lipinski definition) is 5. The van der Waals surface area contributed by atoms with E-state index in [4.69, 9.17) is 4.74 Å². The molecular weight excluding hydrogens is 340 g/mol. The molecule has 1 N–H and O–H groups in total. The Kier molecular flexibility index (Phi) is 4.46. The Bertz CT molecular complexity index is 972. The molecule has 2 heterocycles. The van der Waals surface area contributed by atoms with Crippen LogP contribution < -0.4 is 15.0 Å². The van der Waals surface area contributed by atoms with Crippen LogP contribution in [-0.4, -0.2) is 29.0 Å². The number of anilines is 3. The van der Waals surface area contributed by atoms with Gasteiger partial charge in [0.25, 0.3) is 5.91 Å². The molecule has 0 saturated carbocycles. The number of hydrogen-bond donors (Lipinski definition) is 1. The minimum Gasteiger partial charge on any atom is -0.497 e. The molecule has 1 atom stereocenters. The first kappa shape index (κ1) is 17.0. The highest BCUT2D eigenvalue weighted by molar-refractivity contribution is 6.06. The van der Waals surface area contributed by atoms with Crippen LogP contribution in [0.5, 0.6) is 5.75 Å². The van der Waals surface area contributed by atoms with E-state index in [1.807, 2.05) is 49.4 Å². The molecule has 27 heavy (non-hydrogen) atoms. The van der Waals surface area contributed by atoms with Gasteiger partial charge in [0, 0.05) is 23.5 Å². The fourth-order valence-electron chi connectivity index (χ4n) is 3.35. The second-order valence-corrected chi connectivity index (χ2v) is 6.50. The Hall–Kier alpha value is -3.41. The first-order chi connectivity index (χ1) is 13.2. The second-order valence-electron chi connectivity index (χ2n) is 6.50. The van der Waals surface area contributed by atoms with Crippen molar-refractivity contribution >= 4 is 23.1 Å². The fraction of sp³-hybridized carbons (Fsp3) is 0.190. The average molecular weight is 360 g/mol. The van der Waals surface area contributed by atoms with E-state index in [9.17, 15) is 4.79 Å². The molecule has 6 heteroatoms. The summed E-state index contributed by atoms with van der Waals surface area (Å²) < 4.78 is 5.21. The summed E-state index contributed by atoms with van der Waals surface area (Å²) in [5, 5.41) is 3.16. The van der Waals surface area contributed by atoms with E-state index in [2.05, 4.69) is 21.4 Å². The molecule has 0 fully saturated rings. The van der Waals surface area contributed by atoms with Crippen molar-refractivity contribution in [3.8, 4) is 5.75 Å². The van der Waals surface area contributed by atoms with Crippen LogP contribution in [0.3, 0.4) is 0 Å². The second kappa shape index (κ2) is 7.07. The number of fused-ring (bicyclic) bond motifs is 1. The molecular formula is C21H20N4O2. The largest absolute Gasteiger partial charge is 0.497 e. The Morgan fingerprint density at radius 3 is 2.78 bits per heavy atom. The quantitative estimate of drug-likeness (QED) is 0.766. The van der Waals surface area contributed by atoms with Crippen LogP contribution in [0.1, 0.15) is 23.0 Å². The topological polar surface area (TPSA) is 67.3 Å². The number of nitrogens with zero attached hydrogens (tertiary/aromatic N) is 3. The summed E-state index contributed by atoms with van der Waals surface area (Å²) in [5.74, 6) is 1.18. The molecule has 3 aromatic rings. The van der Waals surface area contributed by atoms with E-state index in [0.29, 0.717) is 11.5 Å². The third-order valence-corrected chi connectivity index (χ3v) is 4.64. The number of aromatic nitrogens is 2. The van der Waals surface area contributed by atoms with Gasteiger partial charge >= 0.3 is 0 Å². The van der Waals surface area contributed by atoms with Crippen molar-refractivity contribution in [2.75, 3.05) is 17.3 Å². The predicted molar refractivity (Wildman–Crippen MR) is 105 cm³/mol. The van der Waals surface area contributed by atoms with Crippen LogP contribution >= 0.6 is 0 Å². The van der Waals surface area contributed by atoms with Crippen molar-refractivity contribution in [3.63, 3.8) is 0 Å². The molecule has 1 unspecified atom stereocenters. The molecule has 0 bridgehead atoms. The number of ether oxygens (including phenoxy) is 1. The van der Waals surface area contributed by atoms with Gasteiger partial charge in [-0.2, -0.15) is 0 Å². The van der Waals surface area contributed by atoms with Crippen LogP contribution in [0.15, 0.2) is 60.9 Å². The van der Waals surface area contributed by atoms with Gasteiger partial charge in [-0.1, -0.05) is 24.3 Å². The van der Waals surface area contributed by atoms with E-state index >= 15 is 0 Å². The van der Waals surface area contributed by atoms with Crippen molar-refractivity contribution in [2.45, 2.75) is 19.4 Å². The van der Waals surface area contributed by atoms with E-state index in [1.54, 1.807) is 18.2 Å². The lowest BCUT2D eigenvalue weighted by atomic mass is 10.1. The summed E-state index contributed by atoms with van der Waals surface area (Å²) in [5.41, 5.74) is 3.30. The number of nitrogens with one attached hydrogen (secondary N) is 1. The zero-order valence-electron chi connectivity index (χ0n) is 15.2. The van der Waals surface area contributed by atoms with E-state index in [0.717, 1.165) is 23.5 Å². The smallest absolute Gasteiger partial charge is 0.278 e. The van der Waals surface area contributed by atoms with Crippen LogP contribution in [0.2, 0.25) is 0 Å². The third-order valence-electron chi connectivity index (χ3n) is 4.64. The van der Waals surface area contributed by atoms with Gasteiger partial charge in [-0.3, -0.25) is 4.79 Å². The first-order valence-electron chi connectivity index (χ1n) is 8.80. The normalized spacial score (nSPS) is 15.3. The number of carbonyl (C=O) groups excluding carboxylic acids is 1. The maximum atomic E-state index is 13.0. The van der Waals surface area contributed by atoms with Gasteiger partial charge in [0.2, 0.25) is 0 Å². The molecule has 0 radical (unpaired) electrons. The van der Waals surface area contributed by atoms with E-state index < -0.39 is 0 Å². The monoisotopic (exact) mass is 360 g/mol. The average Bonchev–Trinajstić information content (AvgIpc) is 3.04. The maximum Gasteiger partial charge on any atom is 0.278 e. The predicted octanol–water partition coefficient (Wildman–Crippen LogP) is 3.82. The van der Waals surface area contributed by atoms with Crippen LogP contribution in [0.25, 0.3) is 0 Å². The van der Waals surface area contributed by atoms with Gasteiger partial charge in [0.15, 0.2) is 0 Å². The molecule has 6 nitrogen and oxygen atoms in total. The molecule has 1 aliphatic heterocycles. The molecule has 136 valence electrons. The van der Waals surface area contributed by atoms with Gasteiger partial charge in [-0.05, 0) is 37.1 Å². The summed E-state index contributed by atoms with van der Waals surface area (Å²) >= 11 is 0. The number of amides is 1. The standard InChI is InChI=1S/C21H20N4O2/c1-14-10-15-6-3-4-9-19(15)25(14)21(26)18-12-23-20(13-22-18)24-16-7-5-8-17(11-16)27-2/h3-9,11-14H,10H2,1-2H3,(H,23,24). The number of para-hydroxylation sites is 1.